The highest BCUT2D eigenvalue weighted by molar-refractivity contribution is 5.94. The smallest absolute Gasteiger partial charge is 0.257 e. The fourth-order valence-corrected chi connectivity index (χ4v) is 3.08. The number of benzene rings is 1. The van der Waals surface area contributed by atoms with E-state index in [4.69, 9.17) is 5.73 Å². The monoisotopic (exact) mass is 375 g/mol. The molecule has 0 heterocycles. The van der Waals surface area contributed by atoms with Gasteiger partial charge >= 0.3 is 0 Å². The number of carbonyl (C=O) groups excluding carboxylic acids is 2. The van der Waals surface area contributed by atoms with Crippen LogP contribution in [0.2, 0.25) is 0 Å². The van der Waals surface area contributed by atoms with Crippen molar-refractivity contribution in [2.75, 3.05) is 13.1 Å². The van der Waals surface area contributed by atoms with Gasteiger partial charge in [0.15, 0.2) is 0 Å². The molecule has 4 N–H and O–H groups in total. The lowest BCUT2D eigenvalue weighted by Gasteiger charge is -2.37. The maximum Gasteiger partial charge on any atom is 0.257 e. The van der Waals surface area contributed by atoms with Crippen LogP contribution in [-0.2, 0) is 4.79 Å². The van der Waals surface area contributed by atoms with Crippen LogP contribution in [0.1, 0.15) is 43.0 Å². The van der Waals surface area contributed by atoms with Crippen molar-refractivity contribution >= 4 is 24.2 Å². The molecule has 5 nitrogen and oxygen atoms in total. The van der Waals surface area contributed by atoms with Crippen molar-refractivity contribution in [1.29, 1.82) is 0 Å². The van der Waals surface area contributed by atoms with E-state index in [9.17, 15) is 18.4 Å². The fourth-order valence-electron chi connectivity index (χ4n) is 3.08. The molecule has 25 heavy (non-hydrogen) atoms. The number of amides is 2. The molecular formula is C17H24ClF2N3O2. The van der Waals surface area contributed by atoms with Gasteiger partial charge in [0.25, 0.3) is 5.91 Å². The van der Waals surface area contributed by atoms with E-state index in [1.807, 2.05) is 6.92 Å². The van der Waals surface area contributed by atoms with E-state index >= 15 is 0 Å². The van der Waals surface area contributed by atoms with Crippen LogP contribution in [0.25, 0.3) is 0 Å². The average molecular weight is 376 g/mol. The first-order chi connectivity index (χ1) is 11.3. The molecule has 8 heteroatoms. The third-order valence-corrected chi connectivity index (χ3v) is 4.47. The van der Waals surface area contributed by atoms with Crippen LogP contribution in [0.15, 0.2) is 18.2 Å². The molecular weight excluding hydrogens is 352 g/mol. The molecule has 0 aromatic heterocycles. The van der Waals surface area contributed by atoms with E-state index in [1.165, 1.54) is 6.07 Å². The SMILES string of the molecule is CC1(N)CCCCC1C(=O)NCCNC(=O)c1c(F)cccc1F.Cl. The third-order valence-electron chi connectivity index (χ3n) is 4.47. The number of nitrogens with one attached hydrogen (secondary N) is 2. The molecule has 0 radical (unpaired) electrons. The largest absolute Gasteiger partial charge is 0.354 e. The third kappa shape index (κ3) is 5.37. The molecule has 1 aliphatic rings. The molecule has 0 saturated heterocycles. The topological polar surface area (TPSA) is 84.2 Å². The maximum absolute atomic E-state index is 13.5. The minimum Gasteiger partial charge on any atom is -0.354 e. The Morgan fingerprint density at radius 3 is 2.40 bits per heavy atom. The summed E-state index contributed by atoms with van der Waals surface area (Å²) in [5.74, 6) is -3.09. The summed E-state index contributed by atoms with van der Waals surface area (Å²) in [7, 11) is 0. The summed E-state index contributed by atoms with van der Waals surface area (Å²) in [4.78, 5) is 24.0. The molecule has 0 bridgehead atoms. The van der Waals surface area contributed by atoms with Crippen molar-refractivity contribution in [3.05, 3.63) is 35.4 Å². The molecule has 2 atom stereocenters. The molecule has 1 aliphatic carbocycles. The fraction of sp³-hybridized carbons (Fsp3) is 0.529. The van der Waals surface area contributed by atoms with Crippen LogP contribution < -0.4 is 16.4 Å². The predicted octanol–water partition coefficient (Wildman–Crippen LogP) is 2.14. The van der Waals surface area contributed by atoms with Crippen LogP contribution in [-0.4, -0.2) is 30.4 Å². The van der Waals surface area contributed by atoms with Gasteiger partial charge in [-0.05, 0) is 31.9 Å². The summed E-state index contributed by atoms with van der Waals surface area (Å²) in [6.07, 6.45) is 3.52. The van der Waals surface area contributed by atoms with Gasteiger partial charge in [-0.1, -0.05) is 18.9 Å². The summed E-state index contributed by atoms with van der Waals surface area (Å²) < 4.78 is 27.0. The van der Waals surface area contributed by atoms with Gasteiger partial charge in [-0.2, -0.15) is 0 Å². The predicted molar refractivity (Wildman–Crippen MR) is 93.5 cm³/mol. The van der Waals surface area contributed by atoms with Gasteiger partial charge in [0, 0.05) is 18.6 Å². The van der Waals surface area contributed by atoms with Gasteiger partial charge in [-0.25, -0.2) is 8.78 Å². The Hall–Kier alpha value is -1.73. The Kier molecular flexibility index (Phi) is 7.76. The number of halogens is 3. The summed E-state index contributed by atoms with van der Waals surface area (Å²) in [6.45, 7) is 2.12. The summed E-state index contributed by atoms with van der Waals surface area (Å²) in [5.41, 5.74) is 5.03. The van der Waals surface area contributed by atoms with Gasteiger partial charge < -0.3 is 16.4 Å². The molecule has 140 valence electrons. The second-order valence-electron chi connectivity index (χ2n) is 6.45. The van der Waals surface area contributed by atoms with Crippen LogP contribution in [0.4, 0.5) is 8.78 Å². The lowest BCUT2D eigenvalue weighted by atomic mass is 9.74. The van der Waals surface area contributed by atoms with E-state index in [0.29, 0.717) is 0 Å². The van der Waals surface area contributed by atoms with Crippen molar-refractivity contribution in [1.82, 2.24) is 10.6 Å². The Morgan fingerprint density at radius 2 is 1.80 bits per heavy atom. The molecule has 2 amide bonds. The first kappa shape index (κ1) is 21.3. The molecule has 1 fully saturated rings. The second kappa shape index (κ2) is 9.10. The van der Waals surface area contributed by atoms with Crippen LogP contribution >= 0.6 is 12.4 Å². The normalized spacial score (nSPS) is 22.6. The lowest BCUT2D eigenvalue weighted by Crippen LogP contribution is -2.53. The number of hydrogen-bond acceptors (Lipinski definition) is 3. The number of hydrogen-bond donors (Lipinski definition) is 3. The highest BCUT2D eigenvalue weighted by Crippen LogP contribution is 2.31. The second-order valence-corrected chi connectivity index (χ2v) is 6.45. The molecule has 2 rings (SSSR count). The van der Waals surface area contributed by atoms with Crippen LogP contribution in [0.5, 0.6) is 0 Å². The zero-order valence-corrected chi connectivity index (χ0v) is 14.9. The first-order valence-electron chi connectivity index (χ1n) is 8.12. The highest BCUT2D eigenvalue weighted by Gasteiger charge is 2.37. The minimum atomic E-state index is -0.919. The number of nitrogens with two attached hydrogens (primary N) is 1. The maximum atomic E-state index is 13.5. The Morgan fingerprint density at radius 1 is 1.20 bits per heavy atom. The van der Waals surface area contributed by atoms with E-state index in [1.54, 1.807) is 0 Å². The summed E-state index contributed by atoms with van der Waals surface area (Å²) in [6, 6.07) is 3.23. The zero-order valence-electron chi connectivity index (χ0n) is 14.1. The molecule has 2 unspecified atom stereocenters. The van der Waals surface area contributed by atoms with Gasteiger partial charge in [0.2, 0.25) is 5.91 Å². The molecule has 0 spiro atoms. The quantitative estimate of drug-likeness (QED) is 0.689. The number of rotatable bonds is 5. The Labute approximate surface area is 152 Å². The van der Waals surface area contributed by atoms with Crippen molar-refractivity contribution in [3.63, 3.8) is 0 Å². The van der Waals surface area contributed by atoms with Gasteiger partial charge in [-0.15, -0.1) is 12.4 Å². The standard InChI is InChI=1S/C17H23F2N3O2.ClH/c1-17(20)8-3-2-5-11(17)15(23)21-9-10-22-16(24)14-12(18)6-4-7-13(14)19;/h4,6-7,11H,2-3,5,8-10,20H2,1H3,(H,21,23)(H,22,24);1H. The average Bonchev–Trinajstić information content (AvgIpc) is 2.50. The van der Waals surface area contributed by atoms with E-state index in [2.05, 4.69) is 10.6 Å². The molecule has 1 aromatic carbocycles. The van der Waals surface area contributed by atoms with Crippen molar-refractivity contribution < 1.29 is 18.4 Å². The Bertz CT molecular complexity index is 606. The van der Waals surface area contributed by atoms with E-state index < -0.39 is 28.6 Å². The summed E-state index contributed by atoms with van der Waals surface area (Å²) >= 11 is 0. The number of carbonyl (C=O) groups is 2. The van der Waals surface area contributed by atoms with Crippen LogP contribution in [0, 0.1) is 17.6 Å². The lowest BCUT2D eigenvalue weighted by molar-refractivity contribution is -0.128. The Balaban J connectivity index is 0.00000312. The molecule has 0 aliphatic heterocycles. The minimum absolute atomic E-state index is 0. The molecule has 1 saturated carbocycles. The van der Waals surface area contributed by atoms with Crippen LogP contribution in [0.3, 0.4) is 0 Å². The van der Waals surface area contributed by atoms with Gasteiger partial charge in [0.1, 0.15) is 17.2 Å². The summed E-state index contributed by atoms with van der Waals surface area (Å²) in [5, 5.41) is 5.12. The first-order valence-corrected chi connectivity index (χ1v) is 8.12. The van der Waals surface area contributed by atoms with E-state index in [-0.39, 0.29) is 37.3 Å². The highest BCUT2D eigenvalue weighted by atomic mass is 35.5. The van der Waals surface area contributed by atoms with Crippen molar-refractivity contribution in [2.24, 2.45) is 11.7 Å². The van der Waals surface area contributed by atoms with Gasteiger partial charge in [0.05, 0.1) is 5.92 Å². The van der Waals surface area contributed by atoms with Crippen molar-refractivity contribution in [3.8, 4) is 0 Å². The van der Waals surface area contributed by atoms with Crippen molar-refractivity contribution in [2.45, 2.75) is 38.1 Å². The molecule has 1 aromatic rings. The van der Waals surface area contributed by atoms with Gasteiger partial charge in [-0.3, -0.25) is 9.59 Å². The van der Waals surface area contributed by atoms with E-state index in [0.717, 1.165) is 37.8 Å². The zero-order chi connectivity index (χ0) is 17.7.